The highest BCUT2D eigenvalue weighted by Crippen LogP contribution is 2.17. The highest BCUT2D eigenvalue weighted by Gasteiger charge is 2.11. The molecule has 0 saturated heterocycles. The Kier molecular flexibility index (Phi) is 5.93. The summed E-state index contributed by atoms with van der Waals surface area (Å²) in [6, 6.07) is 13.9. The van der Waals surface area contributed by atoms with E-state index in [0.717, 1.165) is 10.7 Å². The molecule has 0 radical (unpaired) electrons. The third kappa shape index (κ3) is 5.42. The summed E-state index contributed by atoms with van der Waals surface area (Å²) < 4.78 is 32.1. The molecule has 25 heavy (non-hydrogen) atoms. The summed E-state index contributed by atoms with van der Waals surface area (Å²) in [6.45, 7) is 0. The van der Waals surface area contributed by atoms with E-state index in [1.807, 2.05) is 0 Å². The zero-order chi connectivity index (χ0) is 18.4. The summed E-state index contributed by atoms with van der Waals surface area (Å²) in [6.07, 6.45) is 1.15. The third-order valence-corrected chi connectivity index (χ3v) is 4.36. The average Bonchev–Trinajstić information content (AvgIpc) is 2.57. The lowest BCUT2D eigenvalue weighted by Crippen LogP contribution is -2.14. The molecule has 2 rings (SSSR count). The minimum atomic E-state index is -4.34. The average molecular weight is 422 g/mol. The summed E-state index contributed by atoms with van der Waals surface area (Å²) in [5.41, 5.74) is 0.599. The van der Waals surface area contributed by atoms with E-state index in [2.05, 4.69) is 26.6 Å². The molecule has 0 aliphatic rings. The van der Waals surface area contributed by atoms with Crippen LogP contribution in [0.4, 0.5) is 11.4 Å². The van der Waals surface area contributed by atoms with Crippen molar-refractivity contribution in [3.05, 3.63) is 64.8 Å². The van der Waals surface area contributed by atoms with E-state index in [4.69, 9.17) is 9.81 Å². The Balaban J connectivity index is 2.13. The predicted octanol–water partition coefficient (Wildman–Crippen LogP) is 3.15. The quantitative estimate of drug-likeness (QED) is 0.387. The number of hydrogen-bond donors (Lipinski definition) is 3. The molecular formula is C16H12BrN3O4S. The zero-order valence-electron chi connectivity index (χ0n) is 12.6. The minimum Gasteiger partial charge on any atom is -0.360 e. The van der Waals surface area contributed by atoms with Crippen LogP contribution in [-0.2, 0) is 14.9 Å². The van der Waals surface area contributed by atoms with E-state index in [-0.39, 0.29) is 10.5 Å². The molecule has 0 fully saturated rings. The van der Waals surface area contributed by atoms with Crippen LogP contribution in [0.25, 0.3) is 0 Å². The first-order chi connectivity index (χ1) is 11.8. The fourth-order valence-corrected chi connectivity index (χ4v) is 2.57. The highest BCUT2D eigenvalue weighted by molar-refractivity contribution is 9.10. The first-order valence-corrected chi connectivity index (χ1v) is 9.04. The van der Waals surface area contributed by atoms with Crippen molar-refractivity contribution in [2.45, 2.75) is 4.90 Å². The first kappa shape index (κ1) is 18.7. The Morgan fingerprint density at radius 1 is 1.16 bits per heavy atom. The molecule has 0 saturated carbocycles. The molecule has 2 aromatic rings. The van der Waals surface area contributed by atoms with Gasteiger partial charge in [-0.3, -0.25) is 9.35 Å². The van der Waals surface area contributed by atoms with E-state index >= 15 is 0 Å². The predicted molar refractivity (Wildman–Crippen MR) is 96.3 cm³/mol. The number of rotatable bonds is 5. The van der Waals surface area contributed by atoms with Gasteiger partial charge in [0.1, 0.15) is 11.6 Å². The standard InChI is InChI=1S/C16H12BrN3O4S/c17-12-4-6-13(7-5-12)20-16(21)11(9-18)10-19-14-2-1-3-15(8-14)25(22,23)24/h1-8,10,19H,(H,20,21)(H,22,23,24)/b11-10-. The highest BCUT2D eigenvalue weighted by atomic mass is 79.9. The molecular weight excluding hydrogens is 410 g/mol. The molecule has 3 N–H and O–H groups in total. The molecule has 7 nitrogen and oxygen atoms in total. The van der Waals surface area contributed by atoms with Crippen molar-refractivity contribution < 1.29 is 17.8 Å². The Hall–Kier alpha value is -2.67. The summed E-state index contributed by atoms with van der Waals surface area (Å²) in [7, 11) is -4.34. The number of halogens is 1. The molecule has 1 amide bonds. The maximum absolute atomic E-state index is 12.1. The van der Waals surface area contributed by atoms with Crippen LogP contribution in [0.3, 0.4) is 0 Å². The monoisotopic (exact) mass is 421 g/mol. The van der Waals surface area contributed by atoms with Crippen molar-refractivity contribution in [2.75, 3.05) is 10.6 Å². The number of nitriles is 1. The Bertz CT molecular complexity index is 964. The molecule has 0 bridgehead atoms. The van der Waals surface area contributed by atoms with Crippen molar-refractivity contribution >= 4 is 43.3 Å². The zero-order valence-corrected chi connectivity index (χ0v) is 15.0. The van der Waals surface area contributed by atoms with Gasteiger partial charge < -0.3 is 10.6 Å². The topological polar surface area (TPSA) is 119 Å². The maximum Gasteiger partial charge on any atom is 0.294 e. The van der Waals surface area contributed by atoms with Gasteiger partial charge in [0.25, 0.3) is 16.0 Å². The summed E-state index contributed by atoms with van der Waals surface area (Å²) in [5.74, 6) is -0.622. The lowest BCUT2D eigenvalue weighted by atomic mass is 10.2. The van der Waals surface area contributed by atoms with Crippen LogP contribution in [0, 0.1) is 11.3 Å². The maximum atomic E-state index is 12.1. The van der Waals surface area contributed by atoms with Gasteiger partial charge in [-0.2, -0.15) is 13.7 Å². The van der Waals surface area contributed by atoms with Crippen LogP contribution in [0.5, 0.6) is 0 Å². The molecule has 0 aromatic heterocycles. The Morgan fingerprint density at radius 2 is 1.84 bits per heavy atom. The van der Waals surface area contributed by atoms with Crippen molar-refractivity contribution in [2.24, 2.45) is 0 Å². The van der Waals surface area contributed by atoms with Gasteiger partial charge in [0.2, 0.25) is 0 Å². The van der Waals surface area contributed by atoms with Crippen molar-refractivity contribution in [3.63, 3.8) is 0 Å². The van der Waals surface area contributed by atoms with Gasteiger partial charge in [0.15, 0.2) is 0 Å². The number of anilines is 2. The smallest absolute Gasteiger partial charge is 0.294 e. The minimum absolute atomic E-state index is 0.208. The first-order valence-electron chi connectivity index (χ1n) is 6.81. The number of benzene rings is 2. The molecule has 0 atom stereocenters. The second-order valence-corrected chi connectivity index (χ2v) is 7.12. The molecule has 0 spiro atoms. The van der Waals surface area contributed by atoms with Crippen LogP contribution < -0.4 is 10.6 Å². The van der Waals surface area contributed by atoms with E-state index in [0.29, 0.717) is 11.4 Å². The third-order valence-electron chi connectivity index (χ3n) is 2.98. The summed E-state index contributed by atoms with van der Waals surface area (Å²) in [5, 5.41) is 14.3. The molecule has 0 heterocycles. The second-order valence-electron chi connectivity index (χ2n) is 4.78. The fourth-order valence-electron chi connectivity index (χ4n) is 1.78. The molecule has 0 aliphatic heterocycles. The lowest BCUT2D eigenvalue weighted by Gasteiger charge is -2.06. The van der Waals surface area contributed by atoms with Crippen LogP contribution in [0.15, 0.2) is 69.7 Å². The number of amides is 1. The summed E-state index contributed by atoms with van der Waals surface area (Å²) >= 11 is 3.28. The largest absolute Gasteiger partial charge is 0.360 e. The molecule has 0 aliphatic carbocycles. The molecule has 2 aromatic carbocycles. The SMILES string of the molecule is N#C/C(=C/Nc1cccc(S(=O)(=O)O)c1)C(=O)Nc1ccc(Br)cc1. The van der Waals surface area contributed by atoms with Gasteiger partial charge in [0.05, 0.1) is 4.90 Å². The van der Waals surface area contributed by atoms with Gasteiger partial charge in [0, 0.05) is 22.0 Å². The normalized spacial score (nSPS) is 11.5. The number of nitrogens with one attached hydrogen (secondary N) is 2. The Morgan fingerprint density at radius 3 is 2.44 bits per heavy atom. The van der Waals surface area contributed by atoms with Crippen molar-refractivity contribution in [3.8, 4) is 6.07 Å². The van der Waals surface area contributed by atoms with Gasteiger partial charge in [-0.05, 0) is 42.5 Å². The molecule has 128 valence electrons. The van der Waals surface area contributed by atoms with E-state index < -0.39 is 16.0 Å². The second kappa shape index (κ2) is 7.94. The lowest BCUT2D eigenvalue weighted by molar-refractivity contribution is -0.112. The fraction of sp³-hybridized carbons (Fsp3) is 0. The van der Waals surface area contributed by atoms with Gasteiger partial charge >= 0.3 is 0 Å². The van der Waals surface area contributed by atoms with Crippen LogP contribution in [0.2, 0.25) is 0 Å². The van der Waals surface area contributed by atoms with Gasteiger partial charge in [-0.25, -0.2) is 0 Å². The van der Waals surface area contributed by atoms with Gasteiger partial charge in [-0.1, -0.05) is 22.0 Å². The van der Waals surface area contributed by atoms with Crippen LogP contribution >= 0.6 is 15.9 Å². The van der Waals surface area contributed by atoms with E-state index in [1.54, 1.807) is 30.3 Å². The van der Waals surface area contributed by atoms with E-state index in [1.165, 1.54) is 24.3 Å². The van der Waals surface area contributed by atoms with E-state index in [9.17, 15) is 13.2 Å². The number of nitrogens with zero attached hydrogens (tertiary/aromatic N) is 1. The van der Waals surface area contributed by atoms with Crippen LogP contribution in [-0.4, -0.2) is 18.9 Å². The number of hydrogen-bond acceptors (Lipinski definition) is 5. The van der Waals surface area contributed by atoms with Gasteiger partial charge in [-0.15, -0.1) is 0 Å². The van der Waals surface area contributed by atoms with Crippen molar-refractivity contribution in [1.82, 2.24) is 0 Å². The summed E-state index contributed by atoms with van der Waals surface area (Å²) in [4.78, 5) is 11.8. The number of carbonyl (C=O) groups is 1. The molecule has 9 heteroatoms. The Labute approximate surface area is 152 Å². The van der Waals surface area contributed by atoms with Crippen molar-refractivity contribution in [1.29, 1.82) is 5.26 Å². The number of carbonyl (C=O) groups excluding carboxylic acids is 1. The van der Waals surface area contributed by atoms with Crippen LogP contribution in [0.1, 0.15) is 0 Å². The molecule has 0 unspecified atom stereocenters.